The van der Waals surface area contributed by atoms with Crippen molar-refractivity contribution in [2.45, 2.75) is 25.2 Å². The molecule has 2 aromatic heterocycles. The number of carbonyl (C=O) groups is 1. The summed E-state index contributed by atoms with van der Waals surface area (Å²) >= 11 is 0. The average molecular weight is 335 g/mol. The van der Waals surface area contributed by atoms with E-state index >= 15 is 0 Å². The van der Waals surface area contributed by atoms with Crippen molar-refractivity contribution >= 4 is 11.7 Å². The molecule has 2 aromatic rings. The van der Waals surface area contributed by atoms with Crippen LogP contribution in [0, 0.1) is 0 Å². The van der Waals surface area contributed by atoms with Crippen molar-refractivity contribution in [1.82, 2.24) is 29.8 Å². The molecule has 1 fully saturated rings. The number of amides is 2. The van der Waals surface area contributed by atoms with Crippen LogP contribution in [0.15, 0.2) is 24.7 Å². The number of nitrogens with one attached hydrogen (secondary N) is 2. The van der Waals surface area contributed by atoms with E-state index in [4.69, 9.17) is 0 Å². The standard InChI is InChI=1S/C15H22FN7O/c1-21-9-12(6-19-21)20-15(24)17-7-14-5-11(16)8-23(14)10-13-3-4-18-22(13)2/h3-4,6,9,11,14H,5,7-8,10H2,1-2H3,(H2,17,20,24)/t11-,14-/m0/s1. The van der Waals surface area contributed by atoms with Crippen molar-refractivity contribution in [2.75, 3.05) is 18.4 Å². The van der Waals surface area contributed by atoms with Crippen LogP contribution in [0.25, 0.3) is 0 Å². The summed E-state index contributed by atoms with van der Waals surface area (Å²) in [5.41, 5.74) is 1.64. The van der Waals surface area contributed by atoms with Gasteiger partial charge in [0.1, 0.15) is 6.17 Å². The lowest BCUT2D eigenvalue weighted by Crippen LogP contribution is -2.41. The molecule has 24 heavy (non-hydrogen) atoms. The van der Waals surface area contributed by atoms with E-state index in [1.54, 1.807) is 35.0 Å². The summed E-state index contributed by atoms with van der Waals surface area (Å²) in [5.74, 6) is 0. The van der Waals surface area contributed by atoms with E-state index in [9.17, 15) is 9.18 Å². The number of rotatable bonds is 5. The summed E-state index contributed by atoms with van der Waals surface area (Å²) in [6, 6.07) is 1.57. The van der Waals surface area contributed by atoms with E-state index in [2.05, 4.69) is 20.8 Å². The molecule has 130 valence electrons. The quantitative estimate of drug-likeness (QED) is 0.850. The number of alkyl halides is 1. The molecule has 0 unspecified atom stereocenters. The molecule has 0 aliphatic carbocycles. The van der Waals surface area contributed by atoms with E-state index < -0.39 is 6.17 Å². The highest BCUT2D eigenvalue weighted by molar-refractivity contribution is 5.88. The molecule has 1 saturated heterocycles. The molecule has 2 amide bonds. The number of carbonyl (C=O) groups excluding carboxylic acids is 1. The van der Waals surface area contributed by atoms with Crippen LogP contribution in [-0.2, 0) is 20.6 Å². The Balaban J connectivity index is 1.52. The van der Waals surface area contributed by atoms with Gasteiger partial charge in [-0.25, -0.2) is 9.18 Å². The Kier molecular flexibility index (Phi) is 4.79. The van der Waals surface area contributed by atoms with Crippen LogP contribution in [0.4, 0.5) is 14.9 Å². The normalized spacial score (nSPS) is 21.1. The predicted molar refractivity (Wildman–Crippen MR) is 87.1 cm³/mol. The Hall–Kier alpha value is -2.42. The number of nitrogens with zero attached hydrogens (tertiary/aromatic N) is 5. The molecule has 1 aliphatic rings. The fourth-order valence-corrected chi connectivity index (χ4v) is 2.96. The second-order valence-corrected chi connectivity index (χ2v) is 6.10. The predicted octanol–water partition coefficient (Wildman–Crippen LogP) is 0.888. The van der Waals surface area contributed by atoms with Gasteiger partial charge in [-0.2, -0.15) is 10.2 Å². The zero-order chi connectivity index (χ0) is 17.1. The first kappa shape index (κ1) is 16.4. The van der Waals surface area contributed by atoms with E-state index in [0.717, 1.165) is 5.69 Å². The molecule has 2 N–H and O–H groups in total. The van der Waals surface area contributed by atoms with Crippen LogP contribution < -0.4 is 10.6 Å². The molecule has 0 saturated carbocycles. The number of urea groups is 1. The lowest BCUT2D eigenvalue weighted by molar-refractivity contribution is 0.220. The van der Waals surface area contributed by atoms with Gasteiger partial charge in [-0.15, -0.1) is 0 Å². The smallest absolute Gasteiger partial charge is 0.319 e. The van der Waals surface area contributed by atoms with Gasteiger partial charge in [-0.05, 0) is 12.5 Å². The van der Waals surface area contributed by atoms with E-state index in [1.165, 1.54) is 0 Å². The highest BCUT2D eigenvalue weighted by Crippen LogP contribution is 2.22. The van der Waals surface area contributed by atoms with Gasteiger partial charge in [0.15, 0.2) is 0 Å². The highest BCUT2D eigenvalue weighted by atomic mass is 19.1. The molecule has 9 heteroatoms. The molecular formula is C15H22FN7O. The molecule has 0 radical (unpaired) electrons. The third kappa shape index (κ3) is 3.91. The average Bonchev–Trinajstić information content (AvgIpc) is 3.20. The third-order valence-corrected chi connectivity index (χ3v) is 4.23. The van der Waals surface area contributed by atoms with Crippen molar-refractivity contribution in [1.29, 1.82) is 0 Å². The summed E-state index contributed by atoms with van der Waals surface area (Å²) in [7, 11) is 3.65. The Labute approximate surface area is 139 Å². The zero-order valence-corrected chi connectivity index (χ0v) is 13.8. The fourth-order valence-electron chi connectivity index (χ4n) is 2.96. The molecule has 8 nitrogen and oxygen atoms in total. The van der Waals surface area contributed by atoms with Gasteiger partial charge < -0.3 is 10.6 Å². The SMILES string of the molecule is Cn1cc(NC(=O)NC[C@@H]2C[C@H](F)CN2Cc2ccnn2C)cn1. The molecule has 0 aromatic carbocycles. The number of hydrogen-bond donors (Lipinski definition) is 2. The van der Waals surface area contributed by atoms with Gasteiger partial charge in [0.05, 0.1) is 17.6 Å². The van der Waals surface area contributed by atoms with E-state index in [1.807, 2.05) is 18.0 Å². The molecule has 3 rings (SSSR count). The Bertz CT molecular complexity index is 698. The lowest BCUT2D eigenvalue weighted by atomic mass is 10.2. The summed E-state index contributed by atoms with van der Waals surface area (Å²) in [4.78, 5) is 14.0. The Morgan fingerprint density at radius 1 is 1.42 bits per heavy atom. The molecule has 3 heterocycles. The highest BCUT2D eigenvalue weighted by Gasteiger charge is 2.32. The van der Waals surface area contributed by atoms with Crippen molar-refractivity contribution in [3.63, 3.8) is 0 Å². The summed E-state index contributed by atoms with van der Waals surface area (Å²) in [6.07, 6.45) is 4.56. The first-order valence-corrected chi connectivity index (χ1v) is 7.90. The van der Waals surface area contributed by atoms with Gasteiger partial charge in [-0.1, -0.05) is 0 Å². The molecule has 0 bridgehead atoms. The number of aromatic nitrogens is 4. The van der Waals surface area contributed by atoms with Gasteiger partial charge >= 0.3 is 6.03 Å². The van der Waals surface area contributed by atoms with Crippen LogP contribution in [0.3, 0.4) is 0 Å². The van der Waals surface area contributed by atoms with Crippen LogP contribution in [0.1, 0.15) is 12.1 Å². The Morgan fingerprint density at radius 2 is 2.25 bits per heavy atom. The molecule has 2 atom stereocenters. The summed E-state index contributed by atoms with van der Waals surface area (Å²) < 4.78 is 17.2. The molecule has 1 aliphatic heterocycles. The lowest BCUT2D eigenvalue weighted by Gasteiger charge is -2.24. The van der Waals surface area contributed by atoms with Gasteiger partial charge in [0, 0.05) is 52.2 Å². The fraction of sp³-hybridized carbons (Fsp3) is 0.533. The van der Waals surface area contributed by atoms with Crippen LogP contribution in [-0.4, -0.2) is 55.8 Å². The van der Waals surface area contributed by atoms with Gasteiger partial charge in [0.25, 0.3) is 0 Å². The maximum absolute atomic E-state index is 13.8. The summed E-state index contributed by atoms with van der Waals surface area (Å²) in [6.45, 7) is 1.39. The van der Waals surface area contributed by atoms with Crippen LogP contribution >= 0.6 is 0 Å². The maximum Gasteiger partial charge on any atom is 0.319 e. The second kappa shape index (κ2) is 7.00. The van der Waals surface area contributed by atoms with Crippen LogP contribution in [0.2, 0.25) is 0 Å². The molecule has 0 spiro atoms. The minimum Gasteiger partial charge on any atom is -0.336 e. The minimum atomic E-state index is -0.869. The number of likely N-dealkylation sites (tertiary alicyclic amines) is 1. The monoisotopic (exact) mass is 335 g/mol. The van der Waals surface area contributed by atoms with Crippen molar-refractivity contribution in [3.8, 4) is 0 Å². The zero-order valence-electron chi connectivity index (χ0n) is 13.8. The largest absolute Gasteiger partial charge is 0.336 e. The van der Waals surface area contributed by atoms with E-state index in [0.29, 0.717) is 31.7 Å². The number of aryl methyl sites for hydroxylation is 2. The number of halogens is 1. The van der Waals surface area contributed by atoms with Crippen molar-refractivity contribution < 1.29 is 9.18 Å². The van der Waals surface area contributed by atoms with Gasteiger partial charge in [0.2, 0.25) is 0 Å². The summed E-state index contributed by atoms with van der Waals surface area (Å²) in [5, 5.41) is 13.6. The topological polar surface area (TPSA) is 80.0 Å². The third-order valence-electron chi connectivity index (χ3n) is 4.23. The molecular weight excluding hydrogens is 313 g/mol. The van der Waals surface area contributed by atoms with Crippen molar-refractivity contribution in [3.05, 3.63) is 30.4 Å². The number of anilines is 1. The van der Waals surface area contributed by atoms with Crippen molar-refractivity contribution in [2.24, 2.45) is 14.1 Å². The van der Waals surface area contributed by atoms with Gasteiger partial charge in [-0.3, -0.25) is 14.3 Å². The first-order chi connectivity index (χ1) is 11.5. The second-order valence-electron chi connectivity index (χ2n) is 6.10. The van der Waals surface area contributed by atoms with Crippen LogP contribution in [0.5, 0.6) is 0 Å². The Morgan fingerprint density at radius 3 is 2.92 bits per heavy atom. The van der Waals surface area contributed by atoms with E-state index in [-0.39, 0.29) is 12.1 Å². The minimum absolute atomic E-state index is 0.0328. The first-order valence-electron chi connectivity index (χ1n) is 7.90. The maximum atomic E-state index is 13.8. The number of hydrogen-bond acceptors (Lipinski definition) is 4.